The van der Waals surface area contributed by atoms with Crippen LogP contribution in [0.2, 0.25) is 0 Å². The van der Waals surface area contributed by atoms with E-state index < -0.39 is 11.7 Å². The molecule has 0 saturated carbocycles. The summed E-state index contributed by atoms with van der Waals surface area (Å²) in [7, 11) is 0. The average Bonchev–Trinajstić information content (AvgIpc) is 2.28. The van der Waals surface area contributed by atoms with Crippen molar-refractivity contribution < 1.29 is 13.2 Å². The fourth-order valence-corrected chi connectivity index (χ4v) is 1.98. The van der Waals surface area contributed by atoms with E-state index >= 15 is 0 Å². The normalized spacial score (nSPS) is 12.8. The molecule has 0 atom stereocenters. The fourth-order valence-electron chi connectivity index (χ4n) is 1.98. The predicted molar refractivity (Wildman–Crippen MR) is 68.4 cm³/mol. The molecule has 0 bridgehead atoms. The van der Waals surface area contributed by atoms with Crippen molar-refractivity contribution >= 4 is 0 Å². The Hall–Kier alpha value is -0.990. The molecular formula is C15H20F3. The molecule has 0 saturated heterocycles. The van der Waals surface area contributed by atoms with Gasteiger partial charge in [0.1, 0.15) is 0 Å². The highest BCUT2D eigenvalue weighted by molar-refractivity contribution is 5.38. The van der Waals surface area contributed by atoms with Gasteiger partial charge in [-0.05, 0) is 47.9 Å². The molecule has 1 radical (unpaired) electrons. The van der Waals surface area contributed by atoms with Gasteiger partial charge in [-0.25, -0.2) is 0 Å². The van der Waals surface area contributed by atoms with Gasteiger partial charge in [-0.1, -0.05) is 33.8 Å². The summed E-state index contributed by atoms with van der Waals surface area (Å²) in [5.41, 5.74) is 0.964. The van der Waals surface area contributed by atoms with Crippen molar-refractivity contribution in [3.8, 4) is 0 Å². The number of halogens is 3. The zero-order valence-electron chi connectivity index (χ0n) is 11.2. The number of alkyl halides is 3. The maximum absolute atomic E-state index is 12.8. The fraction of sp³-hybridized carbons (Fsp3) is 0.533. The summed E-state index contributed by atoms with van der Waals surface area (Å²) < 4.78 is 38.3. The van der Waals surface area contributed by atoms with Crippen LogP contribution in [0.15, 0.2) is 18.2 Å². The summed E-state index contributed by atoms with van der Waals surface area (Å²) in [5.74, 6) is 0. The zero-order valence-corrected chi connectivity index (χ0v) is 11.2. The lowest BCUT2D eigenvalue weighted by molar-refractivity contribution is -0.137. The highest BCUT2D eigenvalue weighted by Crippen LogP contribution is 2.36. The summed E-state index contributed by atoms with van der Waals surface area (Å²) in [6.45, 7) is 9.74. The predicted octanol–water partition coefficient (Wildman–Crippen LogP) is 5.16. The highest BCUT2D eigenvalue weighted by atomic mass is 19.4. The molecule has 0 N–H and O–H groups in total. The van der Waals surface area contributed by atoms with Gasteiger partial charge < -0.3 is 0 Å². The molecule has 0 fully saturated rings. The molecule has 0 nitrogen and oxygen atoms in total. The minimum Gasteiger partial charge on any atom is -0.166 e. The largest absolute Gasteiger partial charge is 0.416 e. The Morgan fingerprint density at radius 2 is 1.78 bits per heavy atom. The van der Waals surface area contributed by atoms with Gasteiger partial charge in [0, 0.05) is 0 Å². The molecule has 3 heteroatoms. The van der Waals surface area contributed by atoms with E-state index in [0.717, 1.165) is 24.0 Å². The first-order chi connectivity index (χ1) is 8.22. The van der Waals surface area contributed by atoms with Crippen molar-refractivity contribution in [2.45, 2.75) is 51.6 Å². The van der Waals surface area contributed by atoms with Crippen LogP contribution in [0.1, 0.15) is 50.3 Å². The van der Waals surface area contributed by atoms with Crippen LogP contribution in [0.4, 0.5) is 13.2 Å². The van der Waals surface area contributed by atoms with E-state index in [1.54, 1.807) is 6.07 Å². The molecule has 0 spiro atoms. The second kappa shape index (κ2) is 5.33. The van der Waals surface area contributed by atoms with Gasteiger partial charge in [0.05, 0.1) is 5.56 Å². The lowest BCUT2D eigenvalue weighted by Crippen LogP contribution is -2.19. The standard InChI is InChI=1S/C15H20F3/c1-5-7-11-8-9-12(15(16,17)18)10-13(11)14(3,4)6-2/h8-10H,1,5-7H2,2-4H3. The lowest BCUT2D eigenvalue weighted by Gasteiger charge is -2.27. The van der Waals surface area contributed by atoms with E-state index in [2.05, 4.69) is 6.92 Å². The van der Waals surface area contributed by atoms with Crippen molar-refractivity contribution in [3.63, 3.8) is 0 Å². The third-order valence-electron chi connectivity index (χ3n) is 3.50. The Morgan fingerprint density at radius 1 is 1.17 bits per heavy atom. The van der Waals surface area contributed by atoms with Gasteiger partial charge in [0.25, 0.3) is 0 Å². The molecule has 101 valence electrons. The molecule has 0 amide bonds. The maximum atomic E-state index is 12.8. The van der Waals surface area contributed by atoms with Crippen LogP contribution in [0.5, 0.6) is 0 Å². The molecule has 0 unspecified atom stereocenters. The topological polar surface area (TPSA) is 0 Å². The maximum Gasteiger partial charge on any atom is 0.416 e. The molecule has 0 aliphatic heterocycles. The lowest BCUT2D eigenvalue weighted by atomic mass is 9.78. The third kappa shape index (κ3) is 3.27. The quantitative estimate of drug-likeness (QED) is 0.699. The second-order valence-corrected chi connectivity index (χ2v) is 5.21. The summed E-state index contributed by atoms with van der Waals surface area (Å²) >= 11 is 0. The van der Waals surface area contributed by atoms with Crippen LogP contribution in [-0.4, -0.2) is 0 Å². The van der Waals surface area contributed by atoms with Crippen molar-refractivity contribution in [2.24, 2.45) is 0 Å². The van der Waals surface area contributed by atoms with Crippen molar-refractivity contribution in [3.05, 3.63) is 41.8 Å². The van der Waals surface area contributed by atoms with Gasteiger partial charge >= 0.3 is 6.18 Å². The molecule has 0 heterocycles. The molecule has 0 aliphatic carbocycles. The monoisotopic (exact) mass is 257 g/mol. The molecule has 1 rings (SSSR count). The van der Waals surface area contributed by atoms with E-state index in [4.69, 9.17) is 0 Å². The molecule has 0 aromatic heterocycles. The summed E-state index contributed by atoms with van der Waals surface area (Å²) in [5, 5.41) is 0. The summed E-state index contributed by atoms with van der Waals surface area (Å²) in [6, 6.07) is 4.06. The molecule has 0 aliphatic rings. The first kappa shape index (κ1) is 15.1. The SMILES string of the molecule is [CH2]CCc1ccc(C(F)(F)F)cc1C(C)(C)CC. The van der Waals surface area contributed by atoms with Crippen molar-refractivity contribution in [2.75, 3.05) is 0 Å². The minimum absolute atomic E-state index is 0.244. The average molecular weight is 257 g/mol. The van der Waals surface area contributed by atoms with Crippen LogP contribution in [0.3, 0.4) is 0 Å². The van der Waals surface area contributed by atoms with Crippen molar-refractivity contribution in [1.82, 2.24) is 0 Å². The molecule has 18 heavy (non-hydrogen) atoms. The van der Waals surface area contributed by atoms with Gasteiger partial charge in [-0.15, -0.1) is 0 Å². The number of hydrogen-bond donors (Lipinski definition) is 0. The smallest absolute Gasteiger partial charge is 0.166 e. The van der Waals surface area contributed by atoms with E-state index in [-0.39, 0.29) is 5.41 Å². The number of benzene rings is 1. The van der Waals surface area contributed by atoms with Crippen molar-refractivity contribution in [1.29, 1.82) is 0 Å². The van der Waals surface area contributed by atoms with Gasteiger partial charge in [0.15, 0.2) is 0 Å². The second-order valence-electron chi connectivity index (χ2n) is 5.21. The van der Waals surface area contributed by atoms with Gasteiger partial charge in [0.2, 0.25) is 0 Å². The number of aryl methyl sites for hydroxylation is 1. The third-order valence-corrected chi connectivity index (χ3v) is 3.50. The van der Waals surface area contributed by atoms with Gasteiger partial charge in [-0.2, -0.15) is 13.2 Å². The van der Waals surface area contributed by atoms with E-state index in [1.807, 2.05) is 20.8 Å². The molecule has 1 aromatic carbocycles. The van der Waals surface area contributed by atoms with E-state index in [1.165, 1.54) is 12.1 Å². The number of hydrogen-bond acceptors (Lipinski definition) is 0. The number of rotatable bonds is 4. The molecular weight excluding hydrogens is 237 g/mol. The van der Waals surface area contributed by atoms with Gasteiger partial charge in [-0.3, -0.25) is 0 Å². The van der Waals surface area contributed by atoms with Crippen LogP contribution in [-0.2, 0) is 18.0 Å². The summed E-state index contributed by atoms with van der Waals surface area (Å²) in [4.78, 5) is 0. The van der Waals surface area contributed by atoms with E-state index in [9.17, 15) is 13.2 Å². The van der Waals surface area contributed by atoms with Crippen LogP contribution in [0.25, 0.3) is 0 Å². The first-order valence-corrected chi connectivity index (χ1v) is 6.22. The van der Waals surface area contributed by atoms with E-state index in [0.29, 0.717) is 6.42 Å². The Morgan fingerprint density at radius 3 is 2.22 bits per heavy atom. The Bertz CT molecular complexity index is 403. The Labute approximate surface area is 107 Å². The zero-order chi connectivity index (χ0) is 14.0. The highest BCUT2D eigenvalue weighted by Gasteiger charge is 2.32. The first-order valence-electron chi connectivity index (χ1n) is 6.22. The summed E-state index contributed by atoms with van der Waals surface area (Å²) in [6.07, 6.45) is -2.06. The Kier molecular flexibility index (Phi) is 4.46. The van der Waals surface area contributed by atoms with Crippen LogP contribution >= 0.6 is 0 Å². The minimum atomic E-state index is -4.28. The molecule has 1 aromatic rings. The Balaban J connectivity index is 3.33. The van der Waals surface area contributed by atoms with Crippen LogP contribution in [0, 0.1) is 6.92 Å². The van der Waals surface area contributed by atoms with Crippen LogP contribution < -0.4 is 0 Å².